The normalized spacial score (nSPS) is 14.1. The van der Waals surface area contributed by atoms with Crippen molar-refractivity contribution in [1.29, 1.82) is 0 Å². The molecule has 0 saturated heterocycles. The van der Waals surface area contributed by atoms with Crippen molar-refractivity contribution in [2.24, 2.45) is 4.99 Å². The first-order valence-corrected chi connectivity index (χ1v) is 10.6. The molecule has 1 saturated carbocycles. The third kappa shape index (κ3) is 8.57. The van der Waals surface area contributed by atoms with Gasteiger partial charge in [0.1, 0.15) is 0 Å². The van der Waals surface area contributed by atoms with Gasteiger partial charge in [0.2, 0.25) is 5.91 Å². The molecule has 8 heteroatoms. The Labute approximate surface area is 198 Å². The minimum atomic E-state index is 0. The third-order valence-electron chi connectivity index (χ3n) is 5.20. The van der Waals surface area contributed by atoms with Crippen LogP contribution in [0.4, 0.5) is 0 Å². The second kappa shape index (κ2) is 14.3. The summed E-state index contributed by atoms with van der Waals surface area (Å²) >= 11 is 0. The van der Waals surface area contributed by atoms with Gasteiger partial charge in [-0.25, -0.2) is 0 Å². The molecule has 1 amide bonds. The van der Waals surface area contributed by atoms with Crippen LogP contribution >= 0.6 is 24.0 Å². The van der Waals surface area contributed by atoms with E-state index in [0.717, 1.165) is 49.8 Å². The number of nitrogens with zero attached hydrogens (tertiary/aromatic N) is 2. The smallest absolute Gasteiger partial charge is 0.222 e. The van der Waals surface area contributed by atoms with Crippen LogP contribution in [0.2, 0.25) is 0 Å². The van der Waals surface area contributed by atoms with E-state index in [4.69, 9.17) is 9.47 Å². The second-order valence-corrected chi connectivity index (χ2v) is 7.40. The Morgan fingerprint density at radius 1 is 1.20 bits per heavy atom. The topological polar surface area (TPSA) is 75.2 Å². The van der Waals surface area contributed by atoms with E-state index in [0.29, 0.717) is 19.0 Å². The van der Waals surface area contributed by atoms with Crippen molar-refractivity contribution in [3.63, 3.8) is 0 Å². The van der Waals surface area contributed by atoms with Gasteiger partial charge in [0.25, 0.3) is 0 Å². The summed E-state index contributed by atoms with van der Waals surface area (Å²) in [5, 5.41) is 6.42. The lowest BCUT2D eigenvalue weighted by Gasteiger charge is -2.22. The van der Waals surface area contributed by atoms with Crippen LogP contribution in [0.15, 0.2) is 23.2 Å². The van der Waals surface area contributed by atoms with Crippen LogP contribution in [0.1, 0.15) is 44.6 Å². The summed E-state index contributed by atoms with van der Waals surface area (Å²) in [6.45, 7) is 4.12. The molecule has 0 heterocycles. The predicted molar refractivity (Wildman–Crippen MR) is 132 cm³/mol. The average molecular weight is 532 g/mol. The van der Waals surface area contributed by atoms with Crippen molar-refractivity contribution in [3.8, 4) is 11.5 Å². The number of nitrogens with one attached hydrogen (secondary N) is 2. The van der Waals surface area contributed by atoms with Crippen molar-refractivity contribution in [3.05, 3.63) is 23.8 Å². The quantitative estimate of drug-likeness (QED) is 0.275. The Morgan fingerprint density at radius 3 is 2.53 bits per heavy atom. The monoisotopic (exact) mass is 532 g/mol. The predicted octanol–water partition coefficient (Wildman–Crippen LogP) is 3.21. The van der Waals surface area contributed by atoms with E-state index in [9.17, 15) is 4.79 Å². The van der Waals surface area contributed by atoms with Gasteiger partial charge in [-0.1, -0.05) is 18.9 Å². The van der Waals surface area contributed by atoms with Crippen molar-refractivity contribution in [1.82, 2.24) is 15.5 Å². The Kier molecular flexibility index (Phi) is 12.6. The first-order chi connectivity index (χ1) is 14.1. The molecule has 0 aromatic heterocycles. The van der Waals surface area contributed by atoms with E-state index in [2.05, 4.69) is 20.5 Å². The van der Waals surface area contributed by atoms with E-state index in [1.807, 2.05) is 32.2 Å². The highest BCUT2D eigenvalue weighted by Crippen LogP contribution is 2.27. The zero-order valence-electron chi connectivity index (χ0n) is 18.7. The highest BCUT2D eigenvalue weighted by Gasteiger charge is 2.16. The largest absolute Gasteiger partial charge is 0.493 e. The first kappa shape index (κ1) is 26.3. The summed E-state index contributed by atoms with van der Waals surface area (Å²) in [6.07, 6.45) is 5.93. The number of carbonyl (C=O) groups is 1. The number of carbonyl (C=O) groups excluding carboxylic acids is 1. The molecule has 0 spiro atoms. The van der Waals surface area contributed by atoms with E-state index in [1.54, 1.807) is 14.2 Å². The number of methoxy groups -OCH3 is 2. The molecule has 1 aromatic carbocycles. The van der Waals surface area contributed by atoms with Crippen LogP contribution < -0.4 is 20.1 Å². The summed E-state index contributed by atoms with van der Waals surface area (Å²) in [5.74, 6) is 2.39. The molecule has 7 nitrogen and oxygen atoms in total. The highest BCUT2D eigenvalue weighted by atomic mass is 127. The van der Waals surface area contributed by atoms with Crippen molar-refractivity contribution in [2.75, 3.05) is 40.9 Å². The highest BCUT2D eigenvalue weighted by molar-refractivity contribution is 14.0. The number of guanidine groups is 1. The maximum Gasteiger partial charge on any atom is 0.222 e. The van der Waals surface area contributed by atoms with Crippen LogP contribution in [0.3, 0.4) is 0 Å². The van der Waals surface area contributed by atoms with Gasteiger partial charge in [0, 0.05) is 32.6 Å². The maximum absolute atomic E-state index is 12.1. The molecule has 0 unspecified atom stereocenters. The molecule has 1 fully saturated rings. The molecule has 0 radical (unpaired) electrons. The van der Waals surface area contributed by atoms with Gasteiger partial charge < -0.3 is 25.0 Å². The van der Waals surface area contributed by atoms with Gasteiger partial charge in [0.05, 0.1) is 20.8 Å². The molecule has 0 aliphatic heterocycles. The first-order valence-electron chi connectivity index (χ1n) is 10.6. The van der Waals surface area contributed by atoms with Crippen LogP contribution in [-0.4, -0.2) is 63.7 Å². The van der Waals surface area contributed by atoms with Crippen molar-refractivity contribution < 1.29 is 14.3 Å². The number of ether oxygens (including phenoxy) is 2. The van der Waals surface area contributed by atoms with Gasteiger partial charge in [-0.05, 0) is 43.9 Å². The number of halogens is 1. The zero-order valence-corrected chi connectivity index (χ0v) is 21.0. The summed E-state index contributed by atoms with van der Waals surface area (Å²) in [7, 11) is 5.30. The Balaban J connectivity index is 0.00000450. The summed E-state index contributed by atoms with van der Waals surface area (Å²) in [5.41, 5.74) is 1.17. The maximum atomic E-state index is 12.1. The number of hydrogen-bond acceptors (Lipinski definition) is 4. The number of amides is 1. The molecule has 2 N–H and O–H groups in total. The van der Waals surface area contributed by atoms with Crippen LogP contribution in [0.25, 0.3) is 0 Å². The number of likely N-dealkylation sites (N-methyl/N-ethyl adjacent to an activating group) is 1. The molecule has 170 valence electrons. The molecule has 0 bridgehead atoms. The van der Waals surface area contributed by atoms with E-state index in [1.165, 1.54) is 18.4 Å². The molecular formula is C22H37IN4O3. The number of hydrogen-bond donors (Lipinski definition) is 2. The molecule has 2 rings (SSSR count). The number of benzene rings is 1. The Hall–Kier alpha value is -1.71. The van der Waals surface area contributed by atoms with E-state index < -0.39 is 0 Å². The fourth-order valence-corrected chi connectivity index (χ4v) is 3.54. The van der Waals surface area contributed by atoms with E-state index >= 15 is 0 Å². The molecule has 1 aromatic rings. The molecule has 1 aliphatic rings. The molecule has 1 aliphatic carbocycles. The van der Waals surface area contributed by atoms with Gasteiger partial charge >= 0.3 is 0 Å². The fraction of sp³-hybridized carbons (Fsp3) is 0.636. The lowest BCUT2D eigenvalue weighted by molar-refractivity contribution is -0.121. The minimum Gasteiger partial charge on any atom is -0.493 e. The van der Waals surface area contributed by atoms with Crippen molar-refractivity contribution >= 4 is 35.8 Å². The van der Waals surface area contributed by atoms with Gasteiger partial charge in [-0.2, -0.15) is 0 Å². The molecular weight excluding hydrogens is 495 g/mol. The lowest BCUT2D eigenvalue weighted by atomic mass is 10.1. The zero-order chi connectivity index (χ0) is 21.1. The van der Waals surface area contributed by atoms with Gasteiger partial charge in [-0.3, -0.25) is 9.79 Å². The van der Waals surface area contributed by atoms with Crippen LogP contribution in [-0.2, 0) is 11.2 Å². The minimum absolute atomic E-state index is 0. The SMILES string of the molecule is CCNC(=NCCC(=O)NC1CCCC1)N(C)CCc1ccc(OC)c(OC)c1.I. The molecule has 0 atom stereocenters. The van der Waals surface area contributed by atoms with E-state index in [-0.39, 0.29) is 29.9 Å². The fourth-order valence-electron chi connectivity index (χ4n) is 3.54. The number of aliphatic imine (C=N–C) groups is 1. The van der Waals surface area contributed by atoms with Crippen molar-refractivity contribution in [2.45, 2.75) is 51.5 Å². The van der Waals surface area contributed by atoms with Crippen LogP contribution in [0, 0.1) is 0 Å². The summed E-state index contributed by atoms with van der Waals surface area (Å²) in [4.78, 5) is 18.8. The lowest BCUT2D eigenvalue weighted by Crippen LogP contribution is -2.40. The summed E-state index contributed by atoms with van der Waals surface area (Å²) < 4.78 is 10.7. The second-order valence-electron chi connectivity index (χ2n) is 7.40. The number of rotatable bonds is 10. The summed E-state index contributed by atoms with van der Waals surface area (Å²) in [6, 6.07) is 6.34. The Morgan fingerprint density at radius 2 is 1.90 bits per heavy atom. The van der Waals surface area contributed by atoms with Crippen LogP contribution in [0.5, 0.6) is 11.5 Å². The third-order valence-corrected chi connectivity index (χ3v) is 5.20. The van der Waals surface area contributed by atoms with Gasteiger partial charge in [-0.15, -0.1) is 24.0 Å². The average Bonchev–Trinajstić information content (AvgIpc) is 3.24. The Bertz CT molecular complexity index is 678. The standard InChI is InChI=1S/C22H36N4O3.HI/c1-5-23-22(24-14-12-21(27)25-18-8-6-7-9-18)26(2)15-13-17-10-11-19(28-3)20(16-17)29-4;/h10-11,16,18H,5-9,12-15H2,1-4H3,(H,23,24)(H,25,27);1H. The molecule has 30 heavy (non-hydrogen) atoms. The van der Waals surface area contributed by atoms with Gasteiger partial charge in [0.15, 0.2) is 17.5 Å².